The maximum atomic E-state index is 12.7. The fraction of sp³-hybridized carbons (Fsp3) is 0.353. The molecule has 3 aromatic rings. The van der Waals surface area contributed by atoms with Gasteiger partial charge in [0.1, 0.15) is 6.33 Å². The SMILES string of the molecule is O=C(NCCc1nc2c(s1)CCC2)[C@@H](c1ccccc1)n1cnnn1. The number of aromatic nitrogens is 5. The summed E-state index contributed by atoms with van der Waals surface area (Å²) in [5, 5.41) is 15.3. The molecule has 0 unspecified atom stereocenters. The second kappa shape index (κ2) is 7.10. The average Bonchev–Trinajstić information content (AvgIpc) is 3.33. The summed E-state index contributed by atoms with van der Waals surface area (Å²) in [6.07, 6.45) is 5.67. The number of nitrogens with zero attached hydrogens (tertiary/aromatic N) is 5. The summed E-state index contributed by atoms with van der Waals surface area (Å²) in [6, 6.07) is 8.94. The molecule has 1 aliphatic rings. The molecule has 0 aliphatic heterocycles. The number of aryl methyl sites for hydroxylation is 2. The Morgan fingerprint density at radius 2 is 2.16 bits per heavy atom. The Balaban J connectivity index is 1.42. The van der Waals surface area contributed by atoms with Crippen LogP contribution < -0.4 is 5.32 Å². The van der Waals surface area contributed by atoms with E-state index in [2.05, 4.69) is 25.8 Å². The average molecular weight is 354 g/mol. The zero-order valence-corrected chi connectivity index (χ0v) is 14.4. The van der Waals surface area contributed by atoms with Crippen LogP contribution in [0.5, 0.6) is 0 Å². The van der Waals surface area contributed by atoms with Crippen LogP contribution >= 0.6 is 11.3 Å². The number of benzene rings is 1. The maximum Gasteiger partial charge on any atom is 0.249 e. The predicted molar refractivity (Wildman–Crippen MR) is 93.3 cm³/mol. The molecule has 1 aliphatic carbocycles. The van der Waals surface area contributed by atoms with Crippen LogP contribution in [0.4, 0.5) is 0 Å². The van der Waals surface area contributed by atoms with Gasteiger partial charge in [-0.3, -0.25) is 4.79 Å². The van der Waals surface area contributed by atoms with E-state index in [1.54, 1.807) is 11.3 Å². The first-order valence-corrected chi connectivity index (χ1v) is 9.15. The number of carbonyl (C=O) groups excluding carboxylic acids is 1. The molecule has 1 N–H and O–H groups in total. The molecule has 1 amide bonds. The highest BCUT2D eigenvalue weighted by molar-refractivity contribution is 7.11. The highest BCUT2D eigenvalue weighted by atomic mass is 32.1. The molecule has 25 heavy (non-hydrogen) atoms. The standard InChI is InChI=1S/C17H18N6OS/c24-17(18-10-9-15-20-13-7-4-8-14(13)25-15)16(23-11-19-21-22-23)12-5-2-1-3-6-12/h1-3,5-6,11,16H,4,7-10H2,(H,18,24)/t16-/m1/s1. The minimum absolute atomic E-state index is 0.123. The van der Waals surface area contributed by atoms with Crippen LogP contribution in [0.25, 0.3) is 0 Å². The van der Waals surface area contributed by atoms with Gasteiger partial charge in [-0.2, -0.15) is 0 Å². The van der Waals surface area contributed by atoms with Crippen molar-refractivity contribution < 1.29 is 4.79 Å². The second-order valence-corrected chi connectivity index (χ2v) is 7.14. The van der Waals surface area contributed by atoms with E-state index in [0.29, 0.717) is 6.54 Å². The van der Waals surface area contributed by atoms with Gasteiger partial charge in [-0.15, -0.1) is 16.4 Å². The van der Waals surface area contributed by atoms with Crippen molar-refractivity contribution in [3.8, 4) is 0 Å². The van der Waals surface area contributed by atoms with Crippen molar-refractivity contribution in [1.82, 2.24) is 30.5 Å². The van der Waals surface area contributed by atoms with E-state index in [9.17, 15) is 4.79 Å². The lowest BCUT2D eigenvalue weighted by molar-refractivity contribution is -0.123. The molecular weight excluding hydrogens is 336 g/mol. The molecule has 1 atom stereocenters. The highest BCUT2D eigenvalue weighted by Gasteiger charge is 2.23. The molecule has 7 nitrogen and oxygen atoms in total. The first-order valence-electron chi connectivity index (χ1n) is 8.34. The fourth-order valence-electron chi connectivity index (χ4n) is 3.09. The molecule has 1 aromatic carbocycles. The van der Waals surface area contributed by atoms with Gasteiger partial charge in [0.15, 0.2) is 6.04 Å². The number of amides is 1. The molecule has 0 saturated heterocycles. The van der Waals surface area contributed by atoms with Gasteiger partial charge in [-0.1, -0.05) is 30.3 Å². The van der Waals surface area contributed by atoms with Crippen molar-refractivity contribution in [2.75, 3.05) is 6.54 Å². The van der Waals surface area contributed by atoms with Gasteiger partial charge in [0.05, 0.1) is 10.7 Å². The number of tetrazole rings is 1. The smallest absolute Gasteiger partial charge is 0.249 e. The lowest BCUT2D eigenvalue weighted by Crippen LogP contribution is -2.34. The molecule has 128 valence electrons. The second-order valence-electron chi connectivity index (χ2n) is 5.98. The molecule has 0 radical (unpaired) electrons. The molecule has 2 aromatic heterocycles. The molecule has 8 heteroatoms. The zero-order chi connectivity index (χ0) is 17.1. The van der Waals surface area contributed by atoms with Crippen LogP contribution in [0.2, 0.25) is 0 Å². The minimum atomic E-state index is -0.572. The van der Waals surface area contributed by atoms with Gasteiger partial charge in [0, 0.05) is 17.8 Å². The van der Waals surface area contributed by atoms with Crippen LogP contribution in [0, 0.1) is 0 Å². The minimum Gasteiger partial charge on any atom is -0.354 e. The number of hydrogen-bond donors (Lipinski definition) is 1. The summed E-state index contributed by atoms with van der Waals surface area (Å²) in [7, 11) is 0. The van der Waals surface area contributed by atoms with Crippen LogP contribution in [0.3, 0.4) is 0 Å². The van der Waals surface area contributed by atoms with Crippen LogP contribution in [0.15, 0.2) is 36.7 Å². The Morgan fingerprint density at radius 3 is 2.92 bits per heavy atom. The van der Waals surface area contributed by atoms with Gasteiger partial charge < -0.3 is 5.32 Å². The lowest BCUT2D eigenvalue weighted by Gasteiger charge is -2.16. The topological polar surface area (TPSA) is 85.6 Å². The highest BCUT2D eigenvalue weighted by Crippen LogP contribution is 2.27. The van der Waals surface area contributed by atoms with Crippen LogP contribution in [0.1, 0.15) is 33.6 Å². The van der Waals surface area contributed by atoms with Crippen molar-refractivity contribution in [3.63, 3.8) is 0 Å². The molecule has 4 rings (SSSR count). The van der Waals surface area contributed by atoms with Gasteiger partial charge >= 0.3 is 0 Å². The van der Waals surface area contributed by atoms with Crippen molar-refractivity contribution in [2.24, 2.45) is 0 Å². The van der Waals surface area contributed by atoms with Gasteiger partial charge in [-0.25, -0.2) is 9.67 Å². The van der Waals surface area contributed by atoms with E-state index in [1.165, 1.54) is 28.0 Å². The third-order valence-corrected chi connectivity index (χ3v) is 5.49. The van der Waals surface area contributed by atoms with E-state index < -0.39 is 6.04 Å². The van der Waals surface area contributed by atoms with E-state index in [4.69, 9.17) is 0 Å². The van der Waals surface area contributed by atoms with E-state index in [0.717, 1.165) is 29.8 Å². The summed E-state index contributed by atoms with van der Waals surface area (Å²) in [5.74, 6) is -0.123. The number of hydrogen-bond acceptors (Lipinski definition) is 6. The Labute approximate surface area is 149 Å². The third kappa shape index (κ3) is 3.43. The summed E-state index contributed by atoms with van der Waals surface area (Å²) in [6.45, 7) is 0.552. The number of fused-ring (bicyclic) bond motifs is 1. The first-order chi connectivity index (χ1) is 12.3. The Hall–Kier alpha value is -2.61. The summed E-state index contributed by atoms with van der Waals surface area (Å²) in [5.41, 5.74) is 2.10. The van der Waals surface area contributed by atoms with E-state index in [-0.39, 0.29) is 5.91 Å². The normalized spacial score (nSPS) is 14.2. The van der Waals surface area contributed by atoms with Crippen LogP contribution in [-0.2, 0) is 24.1 Å². The van der Waals surface area contributed by atoms with Crippen molar-refractivity contribution >= 4 is 17.2 Å². The molecular formula is C17H18N6OS. The van der Waals surface area contributed by atoms with E-state index in [1.807, 2.05) is 30.3 Å². The molecule has 2 heterocycles. The maximum absolute atomic E-state index is 12.7. The Morgan fingerprint density at radius 1 is 1.28 bits per heavy atom. The largest absolute Gasteiger partial charge is 0.354 e. The van der Waals surface area contributed by atoms with Crippen molar-refractivity contribution in [3.05, 3.63) is 57.8 Å². The number of rotatable bonds is 6. The van der Waals surface area contributed by atoms with Crippen LogP contribution in [-0.4, -0.2) is 37.6 Å². The predicted octanol–water partition coefficient (Wildman–Crippen LogP) is 1.57. The van der Waals surface area contributed by atoms with E-state index >= 15 is 0 Å². The van der Waals surface area contributed by atoms with Gasteiger partial charge in [-0.05, 0) is 35.3 Å². The molecule has 0 saturated carbocycles. The van der Waals surface area contributed by atoms with Gasteiger partial charge in [0.2, 0.25) is 5.91 Å². The van der Waals surface area contributed by atoms with Crippen molar-refractivity contribution in [1.29, 1.82) is 0 Å². The number of thiazole rings is 1. The Kier molecular flexibility index (Phi) is 4.51. The Bertz CT molecular complexity index is 824. The van der Waals surface area contributed by atoms with Gasteiger partial charge in [0.25, 0.3) is 0 Å². The summed E-state index contributed by atoms with van der Waals surface area (Å²) in [4.78, 5) is 18.8. The molecule has 0 spiro atoms. The molecule has 0 bridgehead atoms. The lowest BCUT2D eigenvalue weighted by atomic mass is 10.1. The quantitative estimate of drug-likeness (QED) is 0.726. The summed E-state index contributed by atoms with van der Waals surface area (Å²) < 4.78 is 1.47. The monoisotopic (exact) mass is 354 g/mol. The van der Waals surface area contributed by atoms with Crippen molar-refractivity contribution in [2.45, 2.75) is 31.7 Å². The number of nitrogens with one attached hydrogen (secondary N) is 1. The first kappa shape index (κ1) is 15.9. The number of carbonyl (C=O) groups is 1. The fourth-order valence-corrected chi connectivity index (χ4v) is 4.24. The molecule has 0 fully saturated rings. The third-order valence-electron chi connectivity index (χ3n) is 4.27. The summed E-state index contributed by atoms with van der Waals surface area (Å²) >= 11 is 1.78. The zero-order valence-electron chi connectivity index (χ0n) is 13.6.